The van der Waals surface area contributed by atoms with Crippen molar-refractivity contribution in [3.63, 3.8) is 0 Å². The van der Waals surface area contributed by atoms with Crippen LogP contribution in [0.15, 0.2) is 69.9 Å². The van der Waals surface area contributed by atoms with Crippen molar-refractivity contribution in [2.45, 2.75) is 18.1 Å². The van der Waals surface area contributed by atoms with Crippen LogP contribution in [0.1, 0.15) is 18.5 Å². The van der Waals surface area contributed by atoms with Gasteiger partial charge in [-0.05, 0) is 18.6 Å². The van der Waals surface area contributed by atoms with Gasteiger partial charge >= 0.3 is 0 Å². The third-order valence-corrected chi connectivity index (χ3v) is 7.18. The molecule has 0 bridgehead atoms. The van der Waals surface area contributed by atoms with E-state index in [1.54, 1.807) is 13.1 Å². The first-order valence-corrected chi connectivity index (χ1v) is 11.9. The van der Waals surface area contributed by atoms with Crippen LogP contribution >= 0.6 is 34.7 Å². The maximum absolute atomic E-state index is 13.1. The highest BCUT2D eigenvalue weighted by molar-refractivity contribution is 7.99. The number of rotatable bonds is 6. The van der Waals surface area contributed by atoms with Crippen LogP contribution in [0.4, 0.5) is 0 Å². The van der Waals surface area contributed by atoms with E-state index in [0.717, 1.165) is 16.7 Å². The molecule has 0 aliphatic rings. The second kappa shape index (κ2) is 9.26. The monoisotopic (exact) mass is 469 g/mol. The lowest BCUT2D eigenvalue weighted by Gasteiger charge is -2.14. The molecule has 0 aliphatic heterocycles. The van der Waals surface area contributed by atoms with E-state index in [4.69, 9.17) is 11.6 Å². The summed E-state index contributed by atoms with van der Waals surface area (Å²) in [5.74, 6) is 0.0600. The van der Waals surface area contributed by atoms with E-state index < -0.39 is 0 Å². The van der Waals surface area contributed by atoms with Crippen molar-refractivity contribution in [2.75, 3.05) is 5.75 Å². The van der Waals surface area contributed by atoms with E-state index in [0.29, 0.717) is 20.4 Å². The van der Waals surface area contributed by atoms with Gasteiger partial charge in [0.05, 0.1) is 17.2 Å². The number of halogens is 1. The summed E-state index contributed by atoms with van der Waals surface area (Å²) in [6.07, 6.45) is 0. The number of fused-ring (bicyclic) bond motifs is 1. The Morgan fingerprint density at radius 3 is 2.61 bits per heavy atom. The number of nitrogens with one attached hydrogen (secondary N) is 1. The lowest BCUT2D eigenvalue weighted by atomic mass is 10.1. The Morgan fingerprint density at radius 2 is 1.87 bits per heavy atom. The van der Waals surface area contributed by atoms with E-state index in [9.17, 15) is 9.59 Å². The number of benzene rings is 2. The Hall–Kier alpha value is -2.61. The molecule has 158 valence electrons. The zero-order valence-corrected chi connectivity index (χ0v) is 19.4. The topological polar surface area (TPSA) is 64.0 Å². The summed E-state index contributed by atoms with van der Waals surface area (Å²) < 4.78 is 1.49. The second-order valence-corrected chi connectivity index (χ2v) is 9.26. The molecule has 0 unspecified atom stereocenters. The minimum Gasteiger partial charge on any atom is -0.349 e. The molecule has 4 rings (SSSR count). The molecule has 4 aromatic rings. The van der Waals surface area contributed by atoms with Crippen LogP contribution in [0.2, 0.25) is 5.02 Å². The second-order valence-electron chi connectivity index (χ2n) is 7.06. The first kappa shape index (κ1) is 21.6. The summed E-state index contributed by atoms with van der Waals surface area (Å²) in [5.41, 5.74) is 2.48. The third kappa shape index (κ3) is 4.54. The normalized spacial score (nSPS) is 12.1. The molecule has 5 nitrogen and oxygen atoms in total. The van der Waals surface area contributed by atoms with E-state index in [-0.39, 0.29) is 23.3 Å². The van der Waals surface area contributed by atoms with Crippen molar-refractivity contribution in [2.24, 2.45) is 7.05 Å². The van der Waals surface area contributed by atoms with Gasteiger partial charge in [0, 0.05) is 28.6 Å². The fourth-order valence-corrected chi connectivity index (χ4v) is 5.30. The van der Waals surface area contributed by atoms with Crippen molar-refractivity contribution in [3.05, 3.63) is 80.9 Å². The van der Waals surface area contributed by atoms with Crippen LogP contribution in [0.25, 0.3) is 21.3 Å². The van der Waals surface area contributed by atoms with Gasteiger partial charge in [-0.15, -0.1) is 11.3 Å². The molecule has 1 amide bonds. The van der Waals surface area contributed by atoms with Gasteiger partial charge in [-0.25, -0.2) is 4.98 Å². The van der Waals surface area contributed by atoms with Crippen LogP contribution in [-0.4, -0.2) is 21.2 Å². The molecule has 2 aromatic carbocycles. The van der Waals surface area contributed by atoms with E-state index in [2.05, 4.69) is 10.3 Å². The van der Waals surface area contributed by atoms with Gasteiger partial charge in [-0.3, -0.25) is 14.2 Å². The molecule has 31 heavy (non-hydrogen) atoms. The quantitative estimate of drug-likeness (QED) is 0.308. The molecule has 0 saturated carbocycles. The molecular formula is C23H20ClN3O2S2. The number of carbonyl (C=O) groups is 1. The van der Waals surface area contributed by atoms with E-state index >= 15 is 0 Å². The summed E-state index contributed by atoms with van der Waals surface area (Å²) in [4.78, 5) is 30.8. The fraction of sp³-hybridized carbons (Fsp3) is 0.174. The molecule has 0 saturated heterocycles. The Morgan fingerprint density at radius 1 is 1.16 bits per heavy atom. The number of hydrogen-bond acceptors (Lipinski definition) is 5. The van der Waals surface area contributed by atoms with E-state index in [1.165, 1.54) is 27.7 Å². The number of carbonyl (C=O) groups excluding carboxylic acids is 1. The maximum atomic E-state index is 13.1. The van der Waals surface area contributed by atoms with Crippen LogP contribution in [0.5, 0.6) is 0 Å². The number of thiophene rings is 1. The maximum Gasteiger partial charge on any atom is 0.263 e. The number of thioether (sulfide) groups is 1. The predicted molar refractivity (Wildman–Crippen MR) is 129 cm³/mol. The Balaban J connectivity index is 1.54. The molecule has 0 fully saturated rings. The van der Waals surface area contributed by atoms with Crippen molar-refractivity contribution in [1.29, 1.82) is 0 Å². The summed E-state index contributed by atoms with van der Waals surface area (Å²) in [6, 6.07) is 17.1. The van der Waals surface area contributed by atoms with Crippen LogP contribution < -0.4 is 10.9 Å². The average Bonchev–Trinajstić information content (AvgIpc) is 3.20. The van der Waals surface area contributed by atoms with Crippen molar-refractivity contribution >= 4 is 50.8 Å². The van der Waals surface area contributed by atoms with Crippen molar-refractivity contribution < 1.29 is 4.79 Å². The zero-order chi connectivity index (χ0) is 22.0. The van der Waals surface area contributed by atoms with Crippen LogP contribution in [0.3, 0.4) is 0 Å². The van der Waals surface area contributed by atoms with Crippen molar-refractivity contribution in [1.82, 2.24) is 14.9 Å². The minimum absolute atomic E-state index is 0.0935. The van der Waals surface area contributed by atoms with Crippen LogP contribution in [-0.2, 0) is 11.8 Å². The largest absolute Gasteiger partial charge is 0.349 e. The zero-order valence-electron chi connectivity index (χ0n) is 17.0. The Bertz CT molecular complexity index is 1300. The number of aromatic nitrogens is 2. The molecule has 0 aliphatic carbocycles. The third-order valence-electron chi connectivity index (χ3n) is 4.95. The molecule has 2 heterocycles. The predicted octanol–water partition coefficient (Wildman–Crippen LogP) is 5.28. The molecular weight excluding hydrogens is 450 g/mol. The number of hydrogen-bond donors (Lipinski definition) is 1. The van der Waals surface area contributed by atoms with Gasteiger partial charge in [0.25, 0.3) is 5.56 Å². The SMILES string of the molecule is C[C@@H](NC(=O)CSc1nc2scc(-c3ccccc3Cl)c2c(=O)n1C)c1ccccc1. The highest BCUT2D eigenvalue weighted by Gasteiger charge is 2.18. The first-order chi connectivity index (χ1) is 15.0. The summed E-state index contributed by atoms with van der Waals surface area (Å²) >= 11 is 8.99. The van der Waals surface area contributed by atoms with Gasteiger partial charge in [-0.1, -0.05) is 71.9 Å². The molecule has 0 radical (unpaired) electrons. The van der Waals surface area contributed by atoms with Gasteiger partial charge in [0.2, 0.25) is 5.91 Å². The first-order valence-electron chi connectivity index (χ1n) is 9.66. The molecule has 8 heteroatoms. The lowest BCUT2D eigenvalue weighted by Crippen LogP contribution is -2.28. The minimum atomic E-state index is -0.151. The molecule has 2 aromatic heterocycles. The Labute approximate surface area is 193 Å². The fourth-order valence-electron chi connectivity index (χ4n) is 3.30. The molecule has 1 N–H and O–H groups in total. The molecule has 0 spiro atoms. The average molecular weight is 470 g/mol. The van der Waals surface area contributed by atoms with E-state index in [1.807, 2.05) is 60.8 Å². The summed E-state index contributed by atoms with van der Waals surface area (Å²) in [5, 5.41) is 6.53. The van der Waals surface area contributed by atoms with Gasteiger partial charge in [0.1, 0.15) is 4.83 Å². The lowest BCUT2D eigenvalue weighted by molar-refractivity contribution is -0.119. The highest BCUT2D eigenvalue weighted by atomic mass is 35.5. The van der Waals surface area contributed by atoms with Gasteiger partial charge < -0.3 is 5.32 Å². The smallest absolute Gasteiger partial charge is 0.263 e. The van der Waals surface area contributed by atoms with Gasteiger partial charge in [0.15, 0.2) is 5.16 Å². The van der Waals surface area contributed by atoms with Gasteiger partial charge in [-0.2, -0.15) is 0 Å². The van der Waals surface area contributed by atoms with Crippen molar-refractivity contribution in [3.8, 4) is 11.1 Å². The summed E-state index contributed by atoms with van der Waals surface area (Å²) in [7, 11) is 1.68. The molecule has 1 atom stereocenters. The standard InChI is InChI=1S/C23H20ClN3O2S2/c1-14(15-8-4-3-5-9-15)25-19(28)13-31-23-26-21-20(22(29)27(23)2)17(12-30-21)16-10-6-7-11-18(16)24/h3-12,14H,13H2,1-2H3,(H,25,28)/t14-/m1/s1. The Kier molecular flexibility index (Phi) is 6.46. The number of nitrogens with zero attached hydrogens (tertiary/aromatic N) is 2. The summed E-state index contributed by atoms with van der Waals surface area (Å²) in [6.45, 7) is 1.94. The highest BCUT2D eigenvalue weighted by Crippen LogP contribution is 2.35. The van der Waals surface area contributed by atoms with Crippen LogP contribution in [0, 0.1) is 0 Å². The number of amides is 1.